The molecule has 1 aromatic heterocycles. The van der Waals surface area contributed by atoms with Gasteiger partial charge >= 0.3 is 0 Å². The van der Waals surface area contributed by atoms with Gasteiger partial charge in [-0.1, -0.05) is 19.9 Å². The van der Waals surface area contributed by atoms with E-state index in [4.69, 9.17) is 0 Å². The Kier molecular flexibility index (Phi) is 4.67. The van der Waals surface area contributed by atoms with Crippen molar-refractivity contribution in [2.75, 3.05) is 0 Å². The Morgan fingerprint density at radius 2 is 2.00 bits per heavy atom. The molecule has 0 aliphatic rings. The highest BCUT2D eigenvalue weighted by Gasteiger charge is 2.19. The maximum Gasteiger partial charge on any atom is 0.251 e. The van der Waals surface area contributed by atoms with E-state index < -0.39 is 0 Å². The Bertz CT molecular complexity index is 610. The highest BCUT2D eigenvalue weighted by Crippen LogP contribution is 2.11. The number of benzene rings is 1. The van der Waals surface area contributed by atoms with Crippen LogP contribution in [0.15, 0.2) is 30.6 Å². The van der Waals surface area contributed by atoms with Crippen LogP contribution in [0.2, 0.25) is 0 Å². The first kappa shape index (κ1) is 15.2. The molecule has 1 unspecified atom stereocenters. The van der Waals surface area contributed by atoms with Crippen LogP contribution >= 0.6 is 0 Å². The summed E-state index contributed by atoms with van der Waals surface area (Å²) < 4.78 is 13.5. The van der Waals surface area contributed by atoms with Crippen molar-refractivity contribution in [3.8, 4) is 0 Å². The van der Waals surface area contributed by atoms with Crippen molar-refractivity contribution in [3.05, 3.63) is 47.5 Å². The maximum atomic E-state index is 13.5. The summed E-state index contributed by atoms with van der Waals surface area (Å²) >= 11 is 0. The second-order valence-electron chi connectivity index (χ2n) is 5.37. The molecule has 1 heterocycles. The van der Waals surface area contributed by atoms with Crippen LogP contribution in [0.1, 0.15) is 29.8 Å². The topological polar surface area (TPSA) is 59.8 Å². The van der Waals surface area contributed by atoms with Crippen LogP contribution in [0.3, 0.4) is 0 Å². The SMILES string of the molecule is Cc1ccc(C(=O)NC(Cn2nccn2)C(C)C)cc1F. The lowest BCUT2D eigenvalue weighted by Crippen LogP contribution is -2.42. The van der Waals surface area contributed by atoms with E-state index in [2.05, 4.69) is 15.5 Å². The molecular weight excluding hydrogens is 271 g/mol. The van der Waals surface area contributed by atoms with E-state index in [1.165, 1.54) is 10.9 Å². The van der Waals surface area contributed by atoms with Crippen LogP contribution in [-0.4, -0.2) is 26.9 Å². The van der Waals surface area contributed by atoms with E-state index in [0.29, 0.717) is 17.7 Å². The van der Waals surface area contributed by atoms with Gasteiger partial charge in [0.25, 0.3) is 5.91 Å². The first-order valence-electron chi connectivity index (χ1n) is 6.88. The third-order valence-corrected chi connectivity index (χ3v) is 3.38. The van der Waals surface area contributed by atoms with Gasteiger partial charge in [0, 0.05) is 5.56 Å². The van der Waals surface area contributed by atoms with Gasteiger partial charge in [-0.15, -0.1) is 0 Å². The van der Waals surface area contributed by atoms with Gasteiger partial charge in [0.15, 0.2) is 0 Å². The molecule has 0 spiro atoms. The molecule has 6 heteroatoms. The van der Waals surface area contributed by atoms with E-state index >= 15 is 0 Å². The second-order valence-corrected chi connectivity index (χ2v) is 5.37. The number of carbonyl (C=O) groups excluding carboxylic acids is 1. The smallest absolute Gasteiger partial charge is 0.251 e. The van der Waals surface area contributed by atoms with Crippen molar-refractivity contribution in [3.63, 3.8) is 0 Å². The molecule has 112 valence electrons. The summed E-state index contributed by atoms with van der Waals surface area (Å²) in [5.74, 6) is -0.465. The van der Waals surface area contributed by atoms with Gasteiger partial charge in [-0.05, 0) is 30.5 Å². The molecule has 0 aliphatic carbocycles. The van der Waals surface area contributed by atoms with Gasteiger partial charge in [-0.2, -0.15) is 15.0 Å². The minimum atomic E-state index is -0.377. The number of halogens is 1. The van der Waals surface area contributed by atoms with Crippen LogP contribution < -0.4 is 5.32 Å². The molecular formula is C15H19FN4O. The number of rotatable bonds is 5. The summed E-state index contributed by atoms with van der Waals surface area (Å²) in [5.41, 5.74) is 0.838. The van der Waals surface area contributed by atoms with Gasteiger partial charge in [-0.25, -0.2) is 4.39 Å². The molecule has 21 heavy (non-hydrogen) atoms. The molecule has 1 atom stereocenters. The van der Waals surface area contributed by atoms with Gasteiger partial charge in [0.1, 0.15) is 5.82 Å². The quantitative estimate of drug-likeness (QED) is 0.918. The van der Waals surface area contributed by atoms with Gasteiger partial charge in [0.05, 0.1) is 25.0 Å². The Labute approximate surface area is 123 Å². The average molecular weight is 290 g/mol. The fourth-order valence-electron chi connectivity index (χ4n) is 1.92. The first-order valence-corrected chi connectivity index (χ1v) is 6.88. The van der Waals surface area contributed by atoms with Crippen LogP contribution in [0, 0.1) is 18.7 Å². The Hall–Kier alpha value is -2.24. The monoisotopic (exact) mass is 290 g/mol. The van der Waals surface area contributed by atoms with E-state index in [1.807, 2.05) is 13.8 Å². The number of nitrogens with one attached hydrogen (secondary N) is 1. The number of hydrogen-bond acceptors (Lipinski definition) is 3. The molecule has 1 aromatic carbocycles. The van der Waals surface area contributed by atoms with E-state index in [9.17, 15) is 9.18 Å². The number of nitrogens with zero attached hydrogens (tertiary/aromatic N) is 3. The van der Waals surface area contributed by atoms with Crippen molar-refractivity contribution in [1.82, 2.24) is 20.3 Å². The summed E-state index contributed by atoms with van der Waals surface area (Å²) in [5, 5.41) is 11.0. The van der Waals surface area contributed by atoms with Crippen LogP contribution in [-0.2, 0) is 6.54 Å². The predicted octanol–water partition coefficient (Wildman–Crippen LogP) is 2.18. The molecule has 0 aliphatic heterocycles. The van der Waals surface area contributed by atoms with Crippen molar-refractivity contribution in [2.24, 2.45) is 5.92 Å². The standard InChI is InChI=1S/C15H19FN4O/c1-10(2)14(9-20-17-6-7-18-20)19-15(21)12-5-4-11(3)13(16)8-12/h4-8,10,14H,9H2,1-3H3,(H,19,21). The zero-order valence-electron chi connectivity index (χ0n) is 12.4. The summed E-state index contributed by atoms with van der Waals surface area (Å²) in [6.07, 6.45) is 3.18. The lowest BCUT2D eigenvalue weighted by molar-refractivity contribution is 0.0917. The fraction of sp³-hybridized carbons (Fsp3) is 0.400. The third kappa shape index (κ3) is 3.87. The number of amides is 1. The van der Waals surface area contributed by atoms with E-state index in [1.54, 1.807) is 31.5 Å². The number of hydrogen-bond donors (Lipinski definition) is 1. The molecule has 1 N–H and O–H groups in total. The molecule has 2 aromatic rings. The molecule has 2 rings (SSSR count). The van der Waals surface area contributed by atoms with Crippen LogP contribution in [0.25, 0.3) is 0 Å². The van der Waals surface area contributed by atoms with Gasteiger partial charge < -0.3 is 5.32 Å². The summed E-state index contributed by atoms with van der Waals surface area (Å²) in [7, 11) is 0. The zero-order chi connectivity index (χ0) is 15.4. The van der Waals surface area contributed by atoms with Crippen molar-refractivity contribution < 1.29 is 9.18 Å². The maximum absolute atomic E-state index is 13.5. The lowest BCUT2D eigenvalue weighted by Gasteiger charge is -2.22. The Balaban J connectivity index is 2.09. The second kappa shape index (κ2) is 6.47. The summed E-state index contributed by atoms with van der Waals surface area (Å²) in [6.45, 7) is 6.15. The van der Waals surface area contributed by atoms with E-state index in [-0.39, 0.29) is 23.7 Å². The highest BCUT2D eigenvalue weighted by atomic mass is 19.1. The number of aryl methyl sites for hydroxylation is 1. The van der Waals surface area contributed by atoms with Crippen molar-refractivity contribution in [1.29, 1.82) is 0 Å². The van der Waals surface area contributed by atoms with Gasteiger partial charge in [0.2, 0.25) is 0 Å². The molecule has 5 nitrogen and oxygen atoms in total. The minimum Gasteiger partial charge on any atom is -0.347 e. The number of carbonyl (C=O) groups is 1. The largest absolute Gasteiger partial charge is 0.347 e. The molecule has 1 amide bonds. The Morgan fingerprint density at radius 1 is 1.33 bits per heavy atom. The highest BCUT2D eigenvalue weighted by molar-refractivity contribution is 5.94. The summed E-state index contributed by atoms with van der Waals surface area (Å²) in [4.78, 5) is 13.8. The zero-order valence-corrected chi connectivity index (χ0v) is 12.4. The normalized spacial score (nSPS) is 12.4. The lowest BCUT2D eigenvalue weighted by atomic mass is 10.0. The predicted molar refractivity (Wildman–Crippen MR) is 77.3 cm³/mol. The average Bonchev–Trinajstić information content (AvgIpc) is 2.93. The number of aromatic nitrogens is 3. The molecule has 0 fully saturated rings. The minimum absolute atomic E-state index is 0.130. The van der Waals surface area contributed by atoms with Crippen LogP contribution in [0.4, 0.5) is 4.39 Å². The molecule has 0 saturated heterocycles. The first-order chi connectivity index (χ1) is 9.97. The van der Waals surface area contributed by atoms with Crippen molar-refractivity contribution >= 4 is 5.91 Å². The molecule has 0 saturated carbocycles. The van der Waals surface area contributed by atoms with E-state index in [0.717, 1.165) is 0 Å². The van der Waals surface area contributed by atoms with Crippen molar-refractivity contribution in [2.45, 2.75) is 33.4 Å². The van der Waals surface area contributed by atoms with Crippen LogP contribution in [0.5, 0.6) is 0 Å². The molecule has 0 radical (unpaired) electrons. The fourth-order valence-corrected chi connectivity index (χ4v) is 1.92. The third-order valence-electron chi connectivity index (χ3n) is 3.38. The summed E-state index contributed by atoms with van der Waals surface area (Å²) in [6, 6.07) is 4.35. The van der Waals surface area contributed by atoms with Gasteiger partial charge in [-0.3, -0.25) is 4.79 Å². The molecule has 0 bridgehead atoms. The Morgan fingerprint density at radius 3 is 2.57 bits per heavy atom.